The molecule has 2 aromatic rings. The number of carbonyl (C=O) groups is 1. The normalized spacial score (nSPS) is 12.7. The highest BCUT2D eigenvalue weighted by atomic mass is 16.7. The van der Waals surface area contributed by atoms with Gasteiger partial charge in [-0.25, -0.2) is 9.78 Å². The Morgan fingerprint density at radius 3 is 2.67 bits per heavy atom. The molecule has 5 nitrogen and oxygen atoms in total. The molecule has 2 rings (SSSR count). The molecule has 0 saturated heterocycles. The Labute approximate surface area is 123 Å². The first kappa shape index (κ1) is 14.7. The summed E-state index contributed by atoms with van der Waals surface area (Å²) in [5.41, 5.74) is 7.35. The smallest absolute Gasteiger partial charge is 0.342 e. The lowest BCUT2D eigenvalue weighted by molar-refractivity contribution is -0.378. The van der Waals surface area contributed by atoms with E-state index in [1.165, 1.54) is 0 Å². The molecule has 0 saturated carbocycles. The zero-order chi connectivity index (χ0) is 15.1. The first-order chi connectivity index (χ1) is 10.2. The van der Waals surface area contributed by atoms with Gasteiger partial charge in [0.05, 0.1) is 11.5 Å². The molecule has 3 N–H and O–H groups in total. The topological polar surface area (TPSA) is 78.8 Å². The summed E-state index contributed by atoms with van der Waals surface area (Å²) in [4.78, 5) is 20.0. The van der Waals surface area contributed by atoms with Crippen molar-refractivity contribution in [3.05, 3.63) is 66.0 Å². The predicted molar refractivity (Wildman–Crippen MR) is 79.3 cm³/mol. The molecule has 0 aliphatic carbocycles. The van der Waals surface area contributed by atoms with Crippen LogP contribution >= 0.6 is 0 Å². The molecule has 0 amide bonds. The molecule has 1 aromatic heterocycles. The third-order valence-corrected chi connectivity index (χ3v) is 3.13. The summed E-state index contributed by atoms with van der Waals surface area (Å²) >= 11 is 0. The number of aromatic amines is 1. The van der Waals surface area contributed by atoms with Crippen LogP contribution in [0.5, 0.6) is 0 Å². The van der Waals surface area contributed by atoms with Gasteiger partial charge in [-0.1, -0.05) is 42.4 Å². The van der Waals surface area contributed by atoms with E-state index < -0.39 is 5.97 Å². The van der Waals surface area contributed by atoms with Crippen molar-refractivity contribution < 1.29 is 14.6 Å². The van der Waals surface area contributed by atoms with Gasteiger partial charge in [0.15, 0.2) is 18.2 Å². The zero-order valence-electron chi connectivity index (χ0n) is 11.8. The molecule has 108 valence electrons. The molecule has 0 radical (unpaired) electrons. The minimum Gasteiger partial charge on any atom is -0.380 e. The van der Waals surface area contributed by atoms with Crippen molar-refractivity contribution in [3.8, 4) is 0 Å². The predicted octanol–water partition coefficient (Wildman–Crippen LogP) is 1.86. The number of hydrogen-bond donors (Lipinski definition) is 1. The van der Waals surface area contributed by atoms with Crippen LogP contribution in [0.1, 0.15) is 30.4 Å². The number of hydrogen-bond acceptors (Lipinski definition) is 3. The Hall–Kier alpha value is -2.69. The van der Waals surface area contributed by atoms with Gasteiger partial charge in [0.1, 0.15) is 0 Å². The molecule has 21 heavy (non-hydrogen) atoms. The van der Waals surface area contributed by atoms with E-state index in [1.807, 2.05) is 37.3 Å². The number of H-pyrrole nitrogens is 1. The van der Waals surface area contributed by atoms with Crippen molar-refractivity contribution in [3.63, 3.8) is 0 Å². The van der Waals surface area contributed by atoms with E-state index in [0.29, 0.717) is 12.0 Å². The summed E-state index contributed by atoms with van der Waals surface area (Å²) in [5, 5.41) is 3.71. The summed E-state index contributed by atoms with van der Waals surface area (Å²) in [5.74, 6) is -0.597. The second-order valence-corrected chi connectivity index (χ2v) is 4.55. The SMILES string of the molecule is CC[C@H](C(=O)ON=C(N)c1ccc[nH+]c1)c1ccccc1. The lowest BCUT2D eigenvalue weighted by Crippen LogP contribution is -2.19. The number of rotatable bonds is 5. The van der Waals surface area contributed by atoms with Gasteiger partial charge in [0.2, 0.25) is 0 Å². The number of pyridine rings is 1. The van der Waals surface area contributed by atoms with E-state index in [0.717, 1.165) is 5.56 Å². The third-order valence-electron chi connectivity index (χ3n) is 3.13. The van der Waals surface area contributed by atoms with Crippen molar-refractivity contribution in [2.75, 3.05) is 0 Å². The second kappa shape index (κ2) is 7.19. The molecular formula is C16H18N3O2+. The number of nitrogens with zero attached hydrogens (tertiary/aromatic N) is 1. The highest BCUT2D eigenvalue weighted by Gasteiger charge is 2.20. The lowest BCUT2D eigenvalue weighted by atomic mass is 9.97. The maximum atomic E-state index is 12.1. The number of oxime groups is 1. The average molecular weight is 284 g/mol. The van der Waals surface area contributed by atoms with Crippen LogP contribution in [-0.4, -0.2) is 11.8 Å². The number of nitrogens with two attached hydrogens (primary N) is 1. The summed E-state index contributed by atoms with van der Waals surface area (Å²) < 4.78 is 0. The fraction of sp³-hybridized carbons (Fsp3) is 0.188. The van der Waals surface area contributed by atoms with E-state index in [-0.39, 0.29) is 11.8 Å². The maximum absolute atomic E-state index is 12.1. The molecule has 0 unspecified atom stereocenters. The van der Waals surface area contributed by atoms with E-state index in [1.54, 1.807) is 24.5 Å². The Bertz CT molecular complexity index is 612. The minimum atomic E-state index is -0.411. The van der Waals surface area contributed by atoms with Crippen LogP contribution in [0, 0.1) is 0 Å². The number of nitrogens with one attached hydrogen (secondary N) is 1. The number of amidine groups is 1. The van der Waals surface area contributed by atoms with Gasteiger partial charge in [-0.15, -0.1) is 0 Å². The highest BCUT2D eigenvalue weighted by Crippen LogP contribution is 2.20. The number of benzene rings is 1. The van der Waals surface area contributed by atoms with Crippen LogP contribution in [-0.2, 0) is 9.63 Å². The van der Waals surface area contributed by atoms with E-state index in [4.69, 9.17) is 10.6 Å². The molecular weight excluding hydrogens is 266 g/mol. The number of carbonyl (C=O) groups excluding carboxylic acids is 1. The van der Waals surface area contributed by atoms with Crippen molar-refractivity contribution in [1.29, 1.82) is 0 Å². The first-order valence-corrected chi connectivity index (χ1v) is 6.78. The molecule has 5 heteroatoms. The van der Waals surface area contributed by atoms with Crippen LogP contribution in [0.2, 0.25) is 0 Å². The molecule has 1 aromatic carbocycles. The quantitative estimate of drug-likeness (QED) is 0.394. The molecule has 1 atom stereocenters. The molecule has 0 fully saturated rings. The van der Waals surface area contributed by atoms with E-state index in [2.05, 4.69) is 10.1 Å². The van der Waals surface area contributed by atoms with Gasteiger partial charge in [-0.05, 0) is 18.1 Å². The van der Waals surface area contributed by atoms with Gasteiger partial charge in [0.25, 0.3) is 0 Å². The van der Waals surface area contributed by atoms with Crippen LogP contribution in [0.3, 0.4) is 0 Å². The van der Waals surface area contributed by atoms with Crippen molar-refractivity contribution >= 4 is 11.8 Å². The first-order valence-electron chi connectivity index (χ1n) is 6.78. The van der Waals surface area contributed by atoms with E-state index in [9.17, 15) is 4.79 Å². The Morgan fingerprint density at radius 2 is 2.05 bits per heavy atom. The standard InChI is InChI=1S/C16H17N3O2/c1-2-14(12-7-4-3-5-8-12)16(20)21-19-15(17)13-9-6-10-18-11-13/h3-11,14H,2H2,1H3,(H2,17,19)/p+1/t14-/m0/s1. The fourth-order valence-electron chi connectivity index (χ4n) is 1.99. The van der Waals surface area contributed by atoms with E-state index >= 15 is 0 Å². The van der Waals surface area contributed by atoms with Crippen LogP contribution in [0.25, 0.3) is 0 Å². The lowest BCUT2D eigenvalue weighted by Gasteiger charge is -2.11. The minimum absolute atomic E-state index is 0.156. The van der Waals surface area contributed by atoms with Crippen molar-refractivity contribution in [2.24, 2.45) is 10.9 Å². The average Bonchev–Trinajstić information content (AvgIpc) is 2.55. The molecule has 0 bridgehead atoms. The number of aromatic nitrogens is 1. The molecule has 0 aliphatic rings. The van der Waals surface area contributed by atoms with Gasteiger partial charge < -0.3 is 10.6 Å². The van der Waals surface area contributed by atoms with Gasteiger partial charge in [-0.3, -0.25) is 0 Å². The largest absolute Gasteiger partial charge is 0.380 e. The molecule has 0 spiro atoms. The Morgan fingerprint density at radius 1 is 1.29 bits per heavy atom. The van der Waals surface area contributed by atoms with Gasteiger partial charge in [0, 0.05) is 6.07 Å². The molecule has 1 heterocycles. The van der Waals surface area contributed by atoms with Crippen molar-refractivity contribution in [1.82, 2.24) is 0 Å². The third kappa shape index (κ3) is 3.89. The fourth-order valence-corrected chi connectivity index (χ4v) is 1.99. The van der Waals surface area contributed by atoms with Crippen LogP contribution in [0.4, 0.5) is 0 Å². The van der Waals surface area contributed by atoms with Crippen LogP contribution < -0.4 is 10.7 Å². The summed E-state index contributed by atoms with van der Waals surface area (Å²) in [6.45, 7) is 1.93. The second-order valence-electron chi connectivity index (χ2n) is 4.55. The van der Waals surface area contributed by atoms with Gasteiger partial charge >= 0.3 is 5.97 Å². The maximum Gasteiger partial charge on any atom is 0.342 e. The van der Waals surface area contributed by atoms with Gasteiger partial charge in [-0.2, -0.15) is 0 Å². The monoisotopic (exact) mass is 284 g/mol. The Balaban J connectivity index is 2.07. The Kier molecular flexibility index (Phi) is 5.04. The van der Waals surface area contributed by atoms with Crippen molar-refractivity contribution in [2.45, 2.75) is 19.3 Å². The summed E-state index contributed by atoms with van der Waals surface area (Å²) in [7, 11) is 0. The zero-order valence-corrected chi connectivity index (χ0v) is 11.8. The summed E-state index contributed by atoms with van der Waals surface area (Å²) in [6.07, 6.45) is 4.07. The highest BCUT2D eigenvalue weighted by molar-refractivity contribution is 5.97. The molecule has 0 aliphatic heterocycles. The summed E-state index contributed by atoms with van der Waals surface area (Å²) in [6, 6.07) is 13.0. The van der Waals surface area contributed by atoms with Crippen LogP contribution in [0.15, 0.2) is 60.0 Å².